The van der Waals surface area contributed by atoms with E-state index in [1.807, 2.05) is 0 Å². The van der Waals surface area contributed by atoms with Crippen LogP contribution in [0.5, 0.6) is 5.75 Å². The number of carbonyl (C=O) groups is 2. The average molecular weight is 468 g/mol. The van der Waals surface area contributed by atoms with Gasteiger partial charge < -0.3 is 20.1 Å². The Hall–Kier alpha value is -2.82. The summed E-state index contributed by atoms with van der Waals surface area (Å²) in [6.07, 6.45) is 0. The van der Waals surface area contributed by atoms with Crippen LogP contribution in [0.1, 0.15) is 10.4 Å². The van der Waals surface area contributed by atoms with Crippen LogP contribution >= 0.6 is 11.6 Å². The molecule has 166 valence electrons. The van der Waals surface area contributed by atoms with Crippen LogP contribution in [0.3, 0.4) is 0 Å². The SMILES string of the molecule is COc1cc(N)c(Cl)cc1C(=O)OCC(=O)N1CCN(S(=O)(=O)c2ccccc2)CC1. The maximum Gasteiger partial charge on any atom is 0.342 e. The number of halogens is 1. The number of rotatable bonds is 6. The lowest BCUT2D eigenvalue weighted by atomic mass is 10.2. The van der Waals surface area contributed by atoms with Crippen molar-refractivity contribution in [2.75, 3.05) is 45.6 Å². The topological polar surface area (TPSA) is 119 Å². The molecule has 9 nitrogen and oxygen atoms in total. The molecule has 0 aliphatic carbocycles. The number of amides is 1. The molecular formula is C20H22ClN3O6S. The Balaban J connectivity index is 1.56. The summed E-state index contributed by atoms with van der Waals surface area (Å²) in [7, 11) is -2.25. The second-order valence-corrected chi connectivity index (χ2v) is 9.09. The molecule has 1 fully saturated rings. The van der Waals surface area contributed by atoms with Gasteiger partial charge in [-0.1, -0.05) is 29.8 Å². The smallest absolute Gasteiger partial charge is 0.342 e. The molecule has 0 aromatic heterocycles. The van der Waals surface area contributed by atoms with E-state index in [1.165, 1.54) is 40.6 Å². The van der Waals surface area contributed by atoms with Gasteiger partial charge in [-0.25, -0.2) is 13.2 Å². The lowest BCUT2D eigenvalue weighted by molar-refractivity contribution is -0.135. The fourth-order valence-electron chi connectivity index (χ4n) is 3.11. The Morgan fingerprint density at radius 3 is 2.35 bits per heavy atom. The summed E-state index contributed by atoms with van der Waals surface area (Å²) in [6.45, 7) is 0.199. The van der Waals surface area contributed by atoms with Crippen molar-refractivity contribution in [3.63, 3.8) is 0 Å². The molecule has 0 unspecified atom stereocenters. The van der Waals surface area contributed by atoms with E-state index in [1.54, 1.807) is 18.2 Å². The molecule has 1 aliphatic heterocycles. The number of hydrogen-bond donors (Lipinski definition) is 1. The van der Waals surface area contributed by atoms with E-state index in [2.05, 4.69) is 0 Å². The summed E-state index contributed by atoms with van der Waals surface area (Å²) in [5.41, 5.74) is 5.99. The number of nitrogen functional groups attached to an aromatic ring is 1. The van der Waals surface area contributed by atoms with Gasteiger partial charge in [0, 0.05) is 32.2 Å². The van der Waals surface area contributed by atoms with Gasteiger partial charge in [0.25, 0.3) is 5.91 Å². The number of ether oxygens (including phenoxy) is 2. The van der Waals surface area contributed by atoms with Crippen LogP contribution in [0, 0.1) is 0 Å². The summed E-state index contributed by atoms with van der Waals surface area (Å²) in [5.74, 6) is -1.03. The Morgan fingerprint density at radius 1 is 1.10 bits per heavy atom. The summed E-state index contributed by atoms with van der Waals surface area (Å²) in [6, 6.07) is 10.8. The number of nitrogens with two attached hydrogens (primary N) is 1. The molecule has 0 spiro atoms. The molecule has 1 aliphatic rings. The van der Waals surface area contributed by atoms with Gasteiger partial charge in [0.2, 0.25) is 10.0 Å². The van der Waals surface area contributed by atoms with Crippen LogP contribution in [0.4, 0.5) is 5.69 Å². The largest absolute Gasteiger partial charge is 0.496 e. The van der Waals surface area contributed by atoms with E-state index < -0.39 is 28.5 Å². The first-order valence-corrected chi connectivity index (χ1v) is 11.2. The molecule has 1 saturated heterocycles. The molecule has 3 rings (SSSR count). The zero-order valence-electron chi connectivity index (χ0n) is 16.8. The van der Waals surface area contributed by atoms with Crippen molar-refractivity contribution in [1.82, 2.24) is 9.21 Å². The van der Waals surface area contributed by atoms with E-state index in [4.69, 9.17) is 26.8 Å². The monoisotopic (exact) mass is 467 g/mol. The van der Waals surface area contributed by atoms with Gasteiger partial charge in [-0.05, 0) is 18.2 Å². The number of hydrogen-bond acceptors (Lipinski definition) is 7. The molecule has 2 aromatic rings. The number of nitrogens with zero attached hydrogens (tertiary/aromatic N) is 2. The van der Waals surface area contributed by atoms with E-state index in [0.717, 1.165) is 0 Å². The van der Waals surface area contributed by atoms with Gasteiger partial charge in [-0.3, -0.25) is 4.79 Å². The van der Waals surface area contributed by atoms with Crippen LogP contribution in [0.2, 0.25) is 5.02 Å². The lowest BCUT2D eigenvalue weighted by Crippen LogP contribution is -2.51. The minimum absolute atomic E-state index is 0.0493. The molecule has 1 amide bonds. The zero-order valence-corrected chi connectivity index (χ0v) is 18.4. The fourth-order valence-corrected chi connectivity index (χ4v) is 4.72. The Bertz CT molecular complexity index is 1070. The standard InChI is InChI=1S/C20H22ClN3O6S/c1-29-18-12-17(22)16(21)11-15(18)20(26)30-13-19(25)23-7-9-24(10-8-23)31(27,28)14-5-3-2-4-6-14/h2-6,11-12H,7-10,13,22H2,1H3. The van der Waals surface area contributed by atoms with Crippen LogP contribution < -0.4 is 10.5 Å². The Labute approximate surface area is 185 Å². The second kappa shape index (κ2) is 9.54. The highest BCUT2D eigenvalue weighted by molar-refractivity contribution is 7.89. The molecule has 0 saturated carbocycles. The first kappa shape index (κ1) is 22.9. The molecule has 11 heteroatoms. The first-order chi connectivity index (χ1) is 14.7. The number of piperazine rings is 1. The maximum atomic E-state index is 12.7. The Kier molecular flexibility index (Phi) is 7.04. The average Bonchev–Trinajstić information content (AvgIpc) is 2.79. The van der Waals surface area contributed by atoms with E-state index in [-0.39, 0.29) is 53.1 Å². The van der Waals surface area contributed by atoms with Gasteiger partial charge in [0.15, 0.2) is 6.61 Å². The third-order valence-corrected chi connectivity index (χ3v) is 7.08. The highest BCUT2D eigenvalue weighted by atomic mass is 35.5. The fraction of sp³-hybridized carbons (Fsp3) is 0.300. The quantitative estimate of drug-likeness (QED) is 0.506. The number of carbonyl (C=O) groups excluding carboxylic acids is 2. The van der Waals surface area contributed by atoms with Crippen molar-refractivity contribution >= 4 is 39.2 Å². The predicted molar refractivity (Wildman–Crippen MR) is 114 cm³/mol. The number of methoxy groups -OCH3 is 1. The van der Waals surface area contributed by atoms with Crippen LogP contribution in [0.25, 0.3) is 0 Å². The number of sulfonamides is 1. The molecule has 2 aromatic carbocycles. The van der Waals surface area contributed by atoms with Crippen molar-refractivity contribution in [3.05, 3.63) is 53.1 Å². The molecule has 0 atom stereocenters. The van der Waals surface area contributed by atoms with Crippen LogP contribution in [-0.2, 0) is 19.6 Å². The van der Waals surface area contributed by atoms with Crippen molar-refractivity contribution in [2.45, 2.75) is 4.90 Å². The van der Waals surface area contributed by atoms with E-state index >= 15 is 0 Å². The highest BCUT2D eigenvalue weighted by Gasteiger charge is 2.30. The summed E-state index contributed by atoms with van der Waals surface area (Å²) in [4.78, 5) is 26.5. The lowest BCUT2D eigenvalue weighted by Gasteiger charge is -2.33. The van der Waals surface area contributed by atoms with Gasteiger partial charge >= 0.3 is 5.97 Å². The summed E-state index contributed by atoms with van der Waals surface area (Å²) in [5, 5.41) is 0.162. The molecule has 0 radical (unpaired) electrons. The van der Waals surface area contributed by atoms with Crippen molar-refractivity contribution in [2.24, 2.45) is 0 Å². The Morgan fingerprint density at radius 2 is 1.74 bits per heavy atom. The van der Waals surface area contributed by atoms with Crippen LogP contribution in [0.15, 0.2) is 47.4 Å². The zero-order chi connectivity index (χ0) is 22.6. The third-order valence-electron chi connectivity index (χ3n) is 4.84. The number of benzene rings is 2. The van der Waals surface area contributed by atoms with E-state index in [0.29, 0.717) is 0 Å². The van der Waals surface area contributed by atoms with Gasteiger partial charge in [-0.2, -0.15) is 4.31 Å². The van der Waals surface area contributed by atoms with Crippen molar-refractivity contribution < 1.29 is 27.5 Å². The van der Waals surface area contributed by atoms with Gasteiger partial charge in [-0.15, -0.1) is 0 Å². The molecular weight excluding hydrogens is 446 g/mol. The summed E-state index contributed by atoms with van der Waals surface area (Å²) < 4.78 is 36.9. The maximum absolute atomic E-state index is 12.7. The number of anilines is 1. The van der Waals surface area contributed by atoms with Crippen LogP contribution in [-0.4, -0.2) is 69.4 Å². The third kappa shape index (κ3) is 5.09. The molecule has 1 heterocycles. The van der Waals surface area contributed by atoms with Gasteiger partial charge in [0.1, 0.15) is 11.3 Å². The van der Waals surface area contributed by atoms with E-state index in [9.17, 15) is 18.0 Å². The highest BCUT2D eigenvalue weighted by Crippen LogP contribution is 2.29. The molecule has 31 heavy (non-hydrogen) atoms. The predicted octanol–water partition coefficient (Wildman–Crippen LogP) is 1.62. The minimum atomic E-state index is -3.61. The normalized spacial score (nSPS) is 14.8. The first-order valence-electron chi connectivity index (χ1n) is 9.37. The van der Waals surface area contributed by atoms with Crippen molar-refractivity contribution in [1.29, 1.82) is 0 Å². The number of esters is 1. The van der Waals surface area contributed by atoms with Gasteiger partial charge in [0.05, 0.1) is 22.7 Å². The van der Waals surface area contributed by atoms with Crippen molar-refractivity contribution in [3.8, 4) is 5.75 Å². The molecule has 0 bridgehead atoms. The summed E-state index contributed by atoms with van der Waals surface area (Å²) >= 11 is 5.95. The molecule has 2 N–H and O–H groups in total. The minimum Gasteiger partial charge on any atom is -0.496 e. The second-order valence-electron chi connectivity index (χ2n) is 6.75.